The fourth-order valence-electron chi connectivity index (χ4n) is 4.98. The zero-order valence-electron chi connectivity index (χ0n) is 18.3. The molecule has 2 nitrogen and oxygen atoms in total. The average molecular weight is 351 g/mol. The topological polar surface area (TPSA) is 26.3 Å². The monoisotopic (exact) mass is 350 g/mol. The number of carbonyl (C=O) groups excluding carboxylic acids is 1. The Hall–Kier alpha value is -0.790. The minimum absolute atomic E-state index is 0.00616. The molecular formula is C23H42O2. The van der Waals surface area contributed by atoms with Crippen molar-refractivity contribution < 1.29 is 9.53 Å². The van der Waals surface area contributed by atoms with Gasteiger partial charge in [-0.3, -0.25) is 4.79 Å². The van der Waals surface area contributed by atoms with E-state index in [0.29, 0.717) is 5.92 Å². The lowest BCUT2D eigenvalue weighted by Gasteiger charge is -2.51. The highest BCUT2D eigenvalue weighted by atomic mass is 16.6. The van der Waals surface area contributed by atoms with Gasteiger partial charge in [0.15, 0.2) is 0 Å². The zero-order chi connectivity index (χ0) is 19.7. The predicted molar refractivity (Wildman–Crippen MR) is 108 cm³/mol. The maximum Gasteiger partial charge on any atom is 0.312 e. The fraction of sp³-hybridized carbons (Fsp3) is 0.870. The van der Waals surface area contributed by atoms with Crippen LogP contribution in [0.4, 0.5) is 0 Å². The van der Waals surface area contributed by atoms with Crippen molar-refractivity contribution in [1.29, 1.82) is 0 Å². The van der Waals surface area contributed by atoms with Crippen molar-refractivity contribution in [2.45, 2.75) is 106 Å². The van der Waals surface area contributed by atoms with Crippen molar-refractivity contribution in [2.24, 2.45) is 22.2 Å². The lowest BCUT2D eigenvalue weighted by molar-refractivity contribution is -0.188. The van der Waals surface area contributed by atoms with E-state index in [4.69, 9.17) is 4.74 Å². The van der Waals surface area contributed by atoms with E-state index in [1.807, 2.05) is 0 Å². The summed E-state index contributed by atoms with van der Waals surface area (Å²) in [6.07, 6.45) is 5.83. The minimum atomic E-state index is -0.481. The Morgan fingerprint density at radius 2 is 1.76 bits per heavy atom. The Bertz CT molecular complexity index is 497. The summed E-state index contributed by atoms with van der Waals surface area (Å²) < 4.78 is 6.29. The third-order valence-electron chi connectivity index (χ3n) is 6.46. The maximum atomic E-state index is 13.2. The summed E-state index contributed by atoms with van der Waals surface area (Å²) in [6.45, 7) is 23.8. The third-order valence-corrected chi connectivity index (χ3v) is 6.46. The molecule has 0 spiro atoms. The minimum Gasteiger partial charge on any atom is -0.459 e. The van der Waals surface area contributed by atoms with Crippen LogP contribution in [0, 0.1) is 22.2 Å². The molecule has 1 saturated carbocycles. The molecule has 1 rings (SSSR count). The number of esters is 1. The SMILES string of the molecule is C=C1CC(C)CC(CC)(C(C)(C)OC(=O)C(C)(CC)CC(C)(C)C)C1. The van der Waals surface area contributed by atoms with Crippen molar-refractivity contribution in [1.82, 2.24) is 0 Å². The molecule has 0 aromatic rings. The average Bonchev–Trinajstić information content (AvgIpc) is 2.43. The van der Waals surface area contributed by atoms with Gasteiger partial charge < -0.3 is 4.74 Å². The van der Waals surface area contributed by atoms with Gasteiger partial charge in [-0.25, -0.2) is 0 Å². The highest BCUT2D eigenvalue weighted by Gasteiger charge is 2.51. The third kappa shape index (κ3) is 5.11. The number of hydrogen-bond donors (Lipinski definition) is 0. The van der Waals surface area contributed by atoms with Gasteiger partial charge in [0.1, 0.15) is 5.60 Å². The van der Waals surface area contributed by atoms with Crippen LogP contribution in [-0.4, -0.2) is 11.6 Å². The Morgan fingerprint density at radius 3 is 2.16 bits per heavy atom. The van der Waals surface area contributed by atoms with E-state index in [2.05, 4.69) is 68.9 Å². The number of allylic oxidation sites excluding steroid dienone is 1. The van der Waals surface area contributed by atoms with Crippen molar-refractivity contribution in [3.05, 3.63) is 12.2 Å². The van der Waals surface area contributed by atoms with Crippen LogP contribution < -0.4 is 0 Å². The number of rotatable bonds is 6. The Balaban J connectivity index is 3.08. The molecule has 0 aromatic heterocycles. The van der Waals surface area contributed by atoms with E-state index in [9.17, 15) is 4.79 Å². The van der Waals surface area contributed by atoms with Crippen LogP contribution in [0.3, 0.4) is 0 Å². The fourth-order valence-corrected chi connectivity index (χ4v) is 4.98. The predicted octanol–water partition coefficient (Wildman–Crippen LogP) is 6.93. The molecule has 1 aliphatic rings. The van der Waals surface area contributed by atoms with Gasteiger partial charge in [0.2, 0.25) is 0 Å². The molecule has 0 aromatic carbocycles. The highest BCUT2D eigenvalue weighted by molar-refractivity contribution is 5.77. The molecule has 3 atom stereocenters. The van der Waals surface area contributed by atoms with Crippen molar-refractivity contribution in [2.75, 3.05) is 0 Å². The Kier molecular flexibility index (Phi) is 6.63. The molecule has 1 fully saturated rings. The molecule has 146 valence electrons. The first kappa shape index (κ1) is 22.3. The molecule has 25 heavy (non-hydrogen) atoms. The summed E-state index contributed by atoms with van der Waals surface area (Å²) >= 11 is 0. The van der Waals surface area contributed by atoms with Crippen LogP contribution in [0.1, 0.15) is 101 Å². The van der Waals surface area contributed by atoms with Crippen LogP contribution >= 0.6 is 0 Å². The van der Waals surface area contributed by atoms with Gasteiger partial charge in [-0.05, 0) is 70.6 Å². The summed E-state index contributed by atoms with van der Waals surface area (Å²) in [5.41, 5.74) is 0.488. The van der Waals surface area contributed by atoms with Crippen LogP contribution in [-0.2, 0) is 9.53 Å². The van der Waals surface area contributed by atoms with Crippen LogP contribution in [0.15, 0.2) is 12.2 Å². The molecule has 0 radical (unpaired) electrons. The summed E-state index contributed by atoms with van der Waals surface area (Å²) in [6, 6.07) is 0. The highest BCUT2D eigenvalue weighted by Crippen LogP contribution is 2.53. The zero-order valence-corrected chi connectivity index (χ0v) is 18.3. The van der Waals surface area contributed by atoms with E-state index in [-0.39, 0.29) is 16.8 Å². The molecule has 1 aliphatic carbocycles. The van der Waals surface area contributed by atoms with Gasteiger partial charge in [-0.1, -0.05) is 53.7 Å². The van der Waals surface area contributed by atoms with E-state index >= 15 is 0 Å². The second kappa shape index (κ2) is 7.45. The summed E-state index contributed by atoms with van der Waals surface area (Å²) in [7, 11) is 0. The first-order chi connectivity index (χ1) is 11.2. The quantitative estimate of drug-likeness (QED) is 0.383. The summed E-state index contributed by atoms with van der Waals surface area (Å²) in [5, 5.41) is 0. The van der Waals surface area contributed by atoms with Gasteiger partial charge >= 0.3 is 5.97 Å². The lowest BCUT2D eigenvalue weighted by Crippen LogP contribution is -2.51. The second-order valence-corrected chi connectivity index (χ2v) is 10.6. The normalized spacial score (nSPS) is 27.7. The van der Waals surface area contributed by atoms with Crippen molar-refractivity contribution in [3.8, 4) is 0 Å². The van der Waals surface area contributed by atoms with Gasteiger partial charge in [-0.2, -0.15) is 0 Å². The molecule has 0 heterocycles. The summed E-state index contributed by atoms with van der Waals surface area (Å²) in [4.78, 5) is 13.2. The largest absolute Gasteiger partial charge is 0.459 e. The van der Waals surface area contributed by atoms with Crippen LogP contribution in [0.2, 0.25) is 0 Å². The molecule has 0 bridgehead atoms. The molecule has 3 unspecified atom stereocenters. The van der Waals surface area contributed by atoms with E-state index in [0.717, 1.165) is 38.5 Å². The van der Waals surface area contributed by atoms with Crippen LogP contribution in [0.25, 0.3) is 0 Å². The van der Waals surface area contributed by atoms with Gasteiger partial charge in [0, 0.05) is 5.41 Å². The Labute approximate surface area is 156 Å². The second-order valence-electron chi connectivity index (χ2n) is 10.6. The van der Waals surface area contributed by atoms with Crippen molar-refractivity contribution >= 4 is 5.97 Å². The van der Waals surface area contributed by atoms with Crippen molar-refractivity contribution in [3.63, 3.8) is 0 Å². The van der Waals surface area contributed by atoms with Gasteiger partial charge in [0.05, 0.1) is 5.41 Å². The first-order valence-electron chi connectivity index (χ1n) is 10.1. The Morgan fingerprint density at radius 1 is 1.20 bits per heavy atom. The maximum absolute atomic E-state index is 13.2. The number of ether oxygens (including phenoxy) is 1. The van der Waals surface area contributed by atoms with Gasteiger partial charge in [0.25, 0.3) is 0 Å². The molecule has 0 saturated heterocycles. The lowest BCUT2D eigenvalue weighted by atomic mass is 9.59. The molecule has 0 N–H and O–H groups in total. The standard InChI is InChI=1S/C23H42O2/c1-11-22(10,16-20(5,6)7)19(24)25-21(8,9)23(12-2)14-17(3)13-18(4)15-23/h18H,3,11-16H2,1-2,4-10H3. The smallest absolute Gasteiger partial charge is 0.312 e. The summed E-state index contributed by atoms with van der Waals surface area (Å²) in [5.74, 6) is 0.567. The molecule has 0 aliphatic heterocycles. The molecule has 0 amide bonds. The van der Waals surface area contributed by atoms with Crippen LogP contribution in [0.5, 0.6) is 0 Å². The van der Waals surface area contributed by atoms with E-state index in [1.165, 1.54) is 5.57 Å². The number of hydrogen-bond acceptors (Lipinski definition) is 2. The number of carbonyl (C=O) groups is 1. The first-order valence-corrected chi connectivity index (χ1v) is 10.1. The van der Waals surface area contributed by atoms with E-state index in [1.54, 1.807) is 0 Å². The van der Waals surface area contributed by atoms with Gasteiger partial charge in [-0.15, -0.1) is 0 Å². The molecular weight excluding hydrogens is 308 g/mol. The molecule has 2 heteroatoms. The van der Waals surface area contributed by atoms with E-state index < -0.39 is 11.0 Å².